The molecule has 114 valence electrons. The van der Waals surface area contributed by atoms with Gasteiger partial charge in [-0.15, -0.1) is 0 Å². The van der Waals surface area contributed by atoms with Crippen LogP contribution < -0.4 is 0 Å². The minimum absolute atomic E-state index is 0.0540. The number of aryl methyl sites for hydroxylation is 3. The summed E-state index contributed by atoms with van der Waals surface area (Å²) in [5.41, 5.74) is 5.12. The summed E-state index contributed by atoms with van der Waals surface area (Å²) in [5, 5.41) is 8.52. The Morgan fingerprint density at radius 1 is 0.750 bits per heavy atom. The second-order valence-electron chi connectivity index (χ2n) is 4.86. The van der Waals surface area contributed by atoms with E-state index in [4.69, 9.17) is 19.3 Å². The normalized spacial score (nSPS) is 11.0. The van der Waals surface area contributed by atoms with Gasteiger partial charge in [-0.25, -0.2) is 0 Å². The zero-order valence-electron chi connectivity index (χ0n) is 12.8. The molecule has 0 aromatic heterocycles. The molecule has 0 amide bonds. The van der Waals surface area contributed by atoms with Crippen molar-refractivity contribution in [2.45, 2.75) is 27.4 Å². The first kappa shape index (κ1) is 17.1. The lowest BCUT2D eigenvalue weighted by molar-refractivity contribution is 0.00443. The Bertz CT molecular complexity index is 390. The van der Waals surface area contributed by atoms with E-state index in [2.05, 4.69) is 32.9 Å². The van der Waals surface area contributed by atoms with Crippen molar-refractivity contribution in [2.24, 2.45) is 0 Å². The zero-order valence-corrected chi connectivity index (χ0v) is 12.8. The molecular weight excluding hydrogens is 256 g/mol. The third-order valence-corrected chi connectivity index (χ3v) is 3.19. The lowest BCUT2D eigenvalue weighted by Gasteiger charge is -2.11. The van der Waals surface area contributed by atoms with Gasteiger partial charge in [-0.3, -0.25) is 0 Å². The topological polar surface area (TPSA) is 47.9 Å². The molecule has 0 saturated heterocycles. The first-order valence-corrected chi connectivity index (χ1v) is 7.06. The average molecular weight is 282 g/mol. The maximum Gasteiger partial charge on any atom is 0.0720 e. The van der Waals surface area contributed by atoms with Crippen LogP contribution in [0.1, 0.15) is 22.3 Å². The van der Waals surface area contributed by atoms with Gasteiger partial charge in [0.25, 0.3) is 0 Å². The van der Waals surface area contributed by atoms with Crippen molar-refractivity contribution in [2.75, 3.05) is 39.6 Å². The summed E-state index contributed by atoms with van der Waals surface area (Å²) >= 11 is 0. The van der Waals surface area contributed by atoms with E-state index in [0.717, 1.165) is 0 Å². The van der Waals surface area contributed by atoms with Crippen LogP contribution in [0.15, 0.2) is 12.1 Å². The summed E-state index contributed by atoms with van der Waals surface area (Å²) in [7, 11) is 0. The first-order chi connectivity index (χ1) is 9.65. The molecule has 4 heteroatoms. The summed E-state index contributed by atoms with van der Waals surface area (Å²) in [4.78, 5) is 0. The molecule has 1 N–H and O–H groups in total. The van der Waals surface area contributed by atoms with Gasteiger partial charge in [-0.2, -0.15) is 0 Å². The highest BCUT2D eigenvalue weighted by Gasteiger charge is 2.02. The van der Waals surface area contributed by atoms with Gasteiger partial charge < -0.3 is 19.3 Å². The SMILES string of the molecule is Cc1cc(C)c(COCCOCCOCCO)cc1C. The summed E-state index contributed by atoms with van der Waals surface area (Å²) in [6, 6.07) is 4.39. The molecule has 0 heterocycles. The minimum atomic E-state index is 0.0540. The number of rotatable bonds is 10. The Labute approximate surface area is 121 Å². The van der Waals surface area contributed by atoms with Crippen LogP contribution in [0.4, 0.5) is 0 Å². The van der Waals surface area contributed by atoms with Gasteiger partial charge in [-0.1, -0.05) is 12.1 Å². The van der Waals surface area contributed by atoms with E-state index < -0.39 is 0 Å². The molecule has 0 aliphatic carbocycles. The number of benzene rings is 1. The third kappa shape index (κ3) is 6.48. The predicted molar refractivity (Wildman–Crippen MR) is 79.0 cm³/mol. The maximum absolute atomic E-state index is 8.52. The molecule has 0 radical (unpaired) electrons. The molecule has 0 spiro atoms. The number of hydrogen-bond acceptors (Lipinski definition) is 4. The molecule has 0 aliphatic rings. The summed E-state index contributed by atoms with van der Waals surface area (Å²) < 4.78 is 16.1. The average Bonchev–Trinajstić information content (AvgIpc) is 2.42. The Hall–Kier alpha value is -0.940. The van der Waals surface area contributed by atoms with Crippen LogP contribution in [-0.2, 0) is 20.8 Å². The Kier molecular flexibility index (Phi) is 8.46. The van der Waals surface area contributed by atoms with Crippen LogP contribution in [-0.4, -0.2) is 44.7 Å². The highest BCUT2D eigenvalue weighted by Crippen LogP contribution is 2.15. The molecule has 0 bridgehead atoms. The second-order valence-corrected chi connectivity index (χ2v) is 4.86. The van der Waals surface area contributed by atoms with Crippen molar-refractivity contribution in [3.63, 3.8) is 0 Å². The van der Waals surface area contributed by atoms with Crippen LogP contribution in [0.5, 0.6) is 0 Å². The molecule has 1 rings (SSSR count). The highest BCUT2D eigenvalue weighted by molar-refractivity contribution is 5.35. The monoisotopic (exact) mass is 282 g/mol. The number of aliphatic hydroxyl groups is 1. The van der Waals surface area contributed by atoms with Gasteiger partial charge in [0.05, 0.1) is 46.2 Å². The predicted octanol–water partition coefficient (Wildman–Crippen LogP) is 2.15. The van der Waals surface area contributed by atoms with Crippen LogP contribution in [0.3, 0.4) is 0 Å². The van der Waals surface area contributed by atoms with Crippen molar-refractivity contribution in [1.82, 2.24) is 0 Å². The number of hydrogen-bond donors (Lipinski definition) is 1. The first-order valence-electron chi connectivity index (χ1n) is 7.06. The van der Waals surface area contributed by atoms with E-state index in [0.29, 0.717) is 39.6 Å². The fraction of sp³-hybridized carbons (Fsp3) is 0.625. The van der Waals surface area contributed by atoms with Crippen molar-refractivity contribution in [1.29, 1.82) is 0 Å². The van der Waals surface area contributed by atoms with Crippen LogP contribution in [0, 0.1) is 20.8 Å². The van der Waals surface area contributed by atoms with Crippen molar-refractivity contribution in [3.8, 4) is 0 Å². The quantitative estimate of drug-likeness (QED) is 0.668. The molecule has 1 aromatic carbocycles. The minimum Gasteiger partial charge on any atom is -0.394 e. The third-order valence-electron chi connectivity index (χ3n) is 3.19. The van der Waals surface area contributed by atoms with E-state index in [9.17, 15) is 0 Å². The van der Waals surface area contributed by atoms with Crippen LogP contribution in [0.25, 0.3) is 0 Å². The Morgan fingerprint density at radius 2 is 1.30 bits per heavy atom. The molecule has 0 fully saturated rings. The second kappa shape index (κ2) is 9.88. The zero-order chi connectivity index (χ0) is 14.8. The molecule has 0 unspecified atom stereocenters. The Balaban J connectivity index is 2.11. The van der Waals surface area contributed by atoms with Gasteiger partial charge >= 0.3 is 0 Å². The van der Waals surface area contributed by atoms with Crippen LogP contribution >= 0.6 is 0 Å². The molecule has 1 aromatic rings. The standard InChI is InChI=1S/C16H26O4/c1-13-10-15(3)16(11-14(13)2)12-20-9-8-19-7-6-18-5-4-17/h10-11,17H,4-9,12H2,1-3H3. The summed E-state index contributed by atoms with van der Waals surface area (Å²) in [5.74, 6) is 0. The van der Waals surface area contributed by atoms with E-state index >= 15 is 0 Å². The molecule has 0 aliphatic heterocycles. The van der Waals surface area contributed by atoms with E-state index in [1.54, 1.807) is 0 Å². The Morgan fingerprint density at radius 3 is 1.95 bits per heavy atom. The van der Waals surface area contributed by atoms with Gasteiger partial charge in [0.1, 0.15) is 0 Å². The molecule has 0 saturated carbocycles. The lowest BCUT2D eigenvalue weighted by atomic mass is 10.0. The van der Waals surface area contributed by atoms with E-state index in [1.807, 2.05) is 0 Å². The molecular formula is C16H26O4. The van der Waals surface area contributed by atoms with Crippen LogP contribution in [0.2, 0.25) is 0 Å². The summed E-state index contributed by atoms with van der Waals surface area (Å²) in [6.07, 6.45) is 0. The fourth-order valence-corrected chi connectivity index (χ4v) is 1.86. The maximum atomic E-state index is 8.52. The van der Waals surface area contributed by atoms with Crippen molar-refractivity contribution >= 4 is 0 Å². The molecule has 20 heavy (non-hydrogen) atoms. The molecule has 4 nitrogen and oxygen atoms in total. The summed E-state index contributed by atoms with van der Waals surface area (Å²) in [6.45, 7) is 9.58. The largest absolute Gasteiger partial charge is 0.394 e. The van der Waals surface area contributed by atoms with Crippen molar-refractivity contribution < 1.29 is 19.3 Å². The van der Waals surface area contributed by atoms with Gasteiger partial charge in [0.15, 0.2) is 0 Å². The van der Waals surface area contributed by atoms with Gasteiger partial charge in [0.2, 0.25) is 0 Å². The van der Waals surface area contributed by atoms with E-state index in [-0.39, 0.29) is 6.61 Å². The lowest BCUT2D eigenvalue weighted by Crippen LogP contribution is -2.11. The van der Waals surface area contributed by atoms with Gasteiger partial charge in [0, 0.05) is 0 Å². The smallest absolute Gasteiger partial charge is 0.0720 e. The van der Waals surface area contributed by atoms with Crippen molar-refractivity contribution in [3.05, 3.63) is 34.4 Å². The van der Waals surface area contributed by atoms with Gasteiger partial charge in [-0.05, 0) is 43.0 Å². The highest BCUT2D eigenvalue weighted by atomic mass is 16.5. The molecule has 0 atom stereocenters. The number of ether oxygens (including phenoxy) is 3. The number of aliphatic hydroxyl groups excluding tert-OH is 1. The van der Waals surface area contributed by atoms with E-state index in [1.165, 1.54) is 22.3 Å². The fourth-order valence-electron chi connectivity index (χ4n) is 1.86.